The Kier molecular flexibility index (Phi) is 8.86. The van der Waals surface area contributed by atoms with E-state index >= 15 is 0 Å². The van der Waals surface area contributed by atoms with Crippen LogP contribution in [0.15, 0.2) is 47.5 Å². The van der Waals surface area contributed by atoms with E-state index in [1.165, 1.54) is 0 Å². The van der Waals surface area contributed by atoms with E-state index in [0.717, 1.165) is 24.0 Å². The topological polar surface area (TPSA) is 110 Å². The number of sulfonamides is 1. The SMILES string of the molecule is [C-]#[N+]c1cn2[nH]c(-c3ccc(C)c(NS(=O)(=O)c4cc(C)ccc4C)c3)nc2c1C(=O)OC1C(C(C)(C)C)CC(C)CC1C(C)(C)C. The molecule has 1 aliphatic rings. The summed E-state index contributed by atoms with van der Waals surface area (Å²) in [6, 6.07) is 10.7. The average molecular weight is 658 g/mol. The lowest BCUT2D eigenvalue weighted by molar-refractivity contribution is -0.0922. The molecule has 250 valence electrons. The Balaban J connectivity index is 1.50. The molecular formula is C37H47N5O4S. The number of rotatable bonds is 6. The Morgan fingerprint density at radius 3 is 2.21 bits per heavy atom. The van der Waals surface area contributed by atoms with Crippen molar-refractivity contribution in [3.63, 3.8) is 0 Å². The lowest BCUT2D eigenvalue weighted by Gasteiger charge is -2.50. The molecule has 2 heterocycles. The summed E-state index contributed by atoms with van der Waals surface area (Å²) >= 11 is 0. The maximum atomic E-state index is 14.1. The third-order valence-electron chi connectivity index (χ3n) is 9.69. The molecule has 10 heteroatoms. The maximum Gasteiger partial charge on any atom is 0.331 e. The van der Waals surface area contributed by atoms with Gasteiger partial charge in [0, 0.05) is 23.6 Å². The van der Waals surface area contributed by atoms with Crippen molar-refractivity contribution in [1.82, 2.24) is 14.6 Å². The molecular weight excluding hydrogens is 611 g/mol. The van der Waals surface area contributed by atoms with Gasteiger partial charge in [0.25, 0.3) is 10.0 Å². The van der Waals surface area contributed by atoms with Gasteiger partial charge in [-0.2, -0.15) is 0 Å². The van der Waals surface area contributed by atoms with Crippen molar-refractivity contribution >= 4 is 33.0 Å². The maximum absolute atomic E-state index is 14.1. The zero-order valence-corrected chi connectivity index (χ0v) is 30.0. The zero-order chi connectivity index (χ0) is 34.6. The van der Waals surface area contributed by atoms with E-state index in [1.54, 1.807) is 35.8 Å². The largest absolute Gasteiger partial charge is 0.459 e. The minimum Gasteiger partial charge on any atom is -0.459 e. The van der Waals surface area contributed by atoms with Gasteiger partial charge in [-0.3, -0.25) is 14.3 Å². The highest BCUT2D eigenvalue weighted by atomic mass is 32.2. The molecule has 0 amide bonds. The van der Waals surface area contributed by atoms with Crippen molar-refractivity contribution < 1.29 is 17.9 Å². The zero-order valence-electron chi connectivity index (χ0n) is 29.1. The molecule has 1 aliphatic carbocycles. The average Bonchev–Trinajstić information content (AvgIpc) is 3.52. The molecule has 0 spiro atoms. The molecule has 0 saturated heterocycles. The van der Waals surface area contributed by atoms with Crippen molar-refractivity contribution in [3.05, 3.63) is 76.3 Å². The van der Waals surface area contributed by atoms with Crippen LogP contribution in [0.2, 0.25) is 0 Å². The van der Waals surface area contributed by atoms with Crippen molar-refractivity contribution in [2.45, 2.75) is 93.1 Å². The van der Waals surface area contributed by atoms with Crippen LogP contribution < -0.4 is 4.72 Å². The van der Waals surface area contributed by atoms with Crippen molar-refractivity contribution in [2.75, 3.05) is 4.72 Å². The smallest absolute Gasteiger partial charge is 0.331 e. The first kappa shape index (κ1) is 34.2. The molecule has 2 unspecified atom stereocenters. The molecule has 5 rings (SSSR count). The summed E-state index contributed by atoms with van der Waals surface area (Å²) in [5, 5.41) is 3.17. The number of nitrogens with one attached hydrogen (secondary N) is 2. The second-order valence-electron chi connectivity index (χ2n) is 15.6. The van der Waals surface area contributed by atoms with E-state index in [1.807, 2.05) is 32.0 Å². The van der Waals surface area contributed by atoms with Gasteiger partial charge in [0.1, 0.15) is 11.7 Å². The molecule has 2 atom stereocenters. The highest BCUT2D eigenvalue weighted by Gasteiger charge is 2.48. The molecule has 0 aliphatic heterocycles. The minimum atomic E-state index is -3.86. The summed E-state index contributed by atoms with van der Waals surface area (Å²) in [6.45, 7) is 28.8. The quantitative estimate of drug-likeness (QED) is 0.159. The van der Waals surface area contributed by atoms with Crippen LogP contribution in [-0.4, -0.2) is 35.1 Å². The van der Waals surface area contributed by atoms with Gasteiger partial charge in [-0.15, -0.1) is 0 Å². The number of esters is 1. The van der Waals surface area contributed by atoms with Crippen LogP contribution in [-0.2, 0) is 14.8 Å². The van der Waals surface area contributed by atoms with Crippen LogP contribution in [0.4, 0.5) is 11.4 Å². The van der Waals surface area contributed by atoms with Crippen LogP contribution in [0.5, 0.6) is 0 Å². The highest BCUT2D eigenvalue weighted by molar-refractivity contribution is 7.92. The van der Waals surface area contributed by atoms with Gasteiger partial charge in [0.2, 0.25) is 5.69 Å². The van der Waals surface area contributed by atoms with Crippen LogP contribution in [0, 0.1) is 55.9 Å². The van der Waals surface area contributed by atoms with Crippen molar-refractivity contribution in [3.8, 4) is 11.4 Å². The fourth-order valence-corrected chi connectivity index (χ4v) is 8.41. The monoisotopic (exact) mass is 657 g/mol. The van der Waals surface area contributed by atoms with Crippen LogP contribution in [0.1, 0.15) is 88.4 Å². The Morgan fingerprint density at radius 2 is 1.62 bits per heavy atom. The molecule has 4 aromatic rings. The lowest BCUT2D eigenvalue weighted by Crippen LogP contribution is -2.49. The third-order valence-corrected chi connectivity index (χ3v) is 11.2. The Bertz CT molecular complexity index is 1960. The van der Waals surface area contributed by atoms with E-state index < -0.39 is 16.0 Å². The molecule has 2 N–H and O–H groups in total. The van der Waals surface area contributed by atoms with Gasteiger partial charge in [0.05, 0.1) is 17.2 Å². The van der Waals surface area contributed by atoms with Crippen LogP contribution >= 0.6 is 0 Å². The Hall–Kier alpha value is -4.10. The minimum absolute atomic E-state index is 0.0793. The van der Waals surface area contributed by atoms with E-state index in [2.05, 4.69) is 63.1 Å². The number of hydrogen-bond acceptors (Lipinski definition) is 5. The number of H-pyrrole nitrogens is 1. The molecule has 0 radical (unpaired) electrons. The summed E-state index contributed by atoms with van der Waals surface area (Å²) < 4.78 is 37.6. The summed E-state index contributed by atoms with van der Waals surface area (Å²) in [4.78, 5) is 22.7. The van der Waals surface area contributed by atoms with E-state index in [4.69, 9.17) is 16.3 Å². The molecule has 0 bridgehead atoms. The molecule has 1 fully saturated rings. The first-order chi connectivity index (χ1) is 21.8. The van der Waals surface area contributed by atoms with Crippen LogP contribution in [0.3, 0.4) is 0 Å². The number of carbonyl (C=O) groups excluding carboxylic acids is 1. The second kappa shape index (κ2) is 12.2. The first-order valence-corrected chi connectivity index (χ1v) is 17.7. The number of hydrogen-bond donors (Lipinski definition) is 2. The summed E-state index contributed by atoms with van der Waals surface area (Å²) in [7, 11) is -3.86. The summed E-state index contributed by atoms with van der Waals surface area (Å²) in [5.41, 5.74) is 3.69. The molecule has 9 nitrogen and oxygen atoms in total. The number of carbonyl (C=O) groups is 1. The van der Waals surface area contributed by atoms with Gasteiger partial charge in [-0.1, -0.05) is 72.7 Å². The van der Waals surface area contributed by atoms with E-state index in [0.29, 0.717) is 28.6 Å². The standard InChI is InChI=1S/C37H47N5O4S/c1-21-12-13-24(4)30(18-21)47(44,45)41-28-19-25(15-14-23(28)3)33-39-34-31(29(38-11)20-42(34)40-33)35(43)46-32-26(36(5,6)7)16-22(2)17-27(32)37(8,9)10/h12-15,18-20,22,26-27,32,41H,16-17H2,1-10H3,(H,39,40). The van der Waals surface area contributed by atoms with Crippen LogP contribution in [0.25, 0.3) is 21.9 Å². The number of benzene rings is 2. The van der Waals surface area contributed by atoms with Crippen molar-refractivity contribution in [1.29, 1.82) is 0 Å². The Morgan fingerprint density at radius 1 is 1.00 bits per heavy atom. The third kappa shape index (κ3) is 6.82. The van der Waals surface area contributed by atoms with Gasteiger partial charge in [-0.25, -0.2) is 23.0 Å². The predicted octanol–water partition coefficient (Wildman–Crippen LogP) is 8.89. The van der Waals surface area contributed by atoms with E-state index in [-0.39, 0.29) is 50.6 Å². The molecule has 47 heavy (non-hydrogen) atoms. The Labute approximate surface area is 279 Å². The summed E-state index contributed by atoms with van der Waals surface area (Å²) in [6.07, 6.45) is 3.17. The molecule has 2 aromatic carbocycles. The first-order valence-electron chi connectivity index (χ1n) is 16.2. The highest BCUT2D eigenvalue weighted by Crippen LogP contribution is 2.50. The van der Waals surface area contributed by atoms with E-state index in [9.17, 15) is 13.2 Å². The normalized spacial score (nSPS) is 20.6. The number of nitrogens with zero attached hydrogens (tertiary/aromatic N) is 3. The lowest BCUT2D eigenvalue weighted by atomic mass is 9.59. The van der Waals surface area contributed by atoms with Gasteiger partial charge >= 0.3 is 5.97 Å². The van der Waals surface area contributed by atoms with Gasteiger partial charge < -0.3 is 4.74 Å². The number of ether oxygens (including phenoxy) is 1. The molecule has 1 saturated carbocycles. The second-order valence-corrected chi connectivity index (χ2v) is 17.2. The number of aromatic amines is 1. The number of aryl methyl sites for hydroxylation is 3. The number of aromatic nitrogens is 3. The number of fused-ring (bicyclic) bond motifs is 1. The fourth-order valence-electron chi connectivity index (χ4n) is 6.96. The predicted molar refractivity (Wildman–Crippen MR) is 186 cm³/mol. The van der Waals surface area contributed by atoms with Gasteiger partial charge in [-0.05, 0) is 79.2 Å². The van der Waals surface area contributed by atoms with Gasteiger partial charge in [0.15, 0.2) is 11.5 Å². The number of anilines is 1. The summed E-state index contributed by atoms with van der Waals surface area (Å²) in [5.74, 6) is 0.691. The molecule has 2 aromatic heterocycles. The van der Waals surface area contributed by atoms with Crippen molar-refractivity contribution in [2.24, 2.45) is 28.6 Å². The fraction of sp³-hybridized carbons (Fsp3) is 0.486.